The van der Waals surface area contributed by atoms with Crippen molar-refractivity contribution in [1.82, 2.24) is 9.97 Å². The molecule has 0 aliphatic rings. The average Bonchev–Trinajstić information content (AvgIpc) is 3.29. The Hall–Kier alpha value is -2.50. The zero-order chi connectivity index (χ0) is 18.1. The van der Waals surface area contributed by atoms with E-state index < -0.39 is 0 Å². The lowest BCUT2D eigenvalue weighted by Gasteiger charge is -2.01. The van der Waals surface area contributed by atoms with Gasteiger partial charge in [0.05, 0.1) is 18.5 Å². The molecule has 0 bridgehead atoms. The number of benzene rings is 2. The summed E-state index contributed by atoms with van der Waals surface area (Å²) in [5, 5.41) is 4.00. The fraction of sp³-hybridized carbons (Fsp3) is 0.143. The number of aromatic nitrogens is 2. The van der Waals surface area contributed by atoms with Gasteiger partial charge in [-0.15, -0.1) is 22.7 Å². The van der Waals surface area contributed by atoms with Gasteiger partial charge >= 0.3 is 0 Å². The molecule has 26 heavy (non-hydrogen) atoms. The molecule has 5 heteroatoms. The van der Waals surface area contributed by atoms with Gasteiger partial charge in [0.25, 0.3) is 0 Å². The number of ether oxygens (including phenoxy) is 1. The number of methoxy groups -OCH3 is 1. The predicted octanol–water partition coefficient (Wildman–Crippen LogP) is 6.23. The van der Waals surface area contributed by atoms with E-state index in [0.29, 0.717) is 0 Å². The summed E-state index contributed by atoms with van der Waals surface area (Å²) >= 11 is 3.32. The van der Waals surface area contributed by atoms with E-state index in [9.17, 15) is 0 Å². The molecule has 0 saturated carbocycles. The highest BCUT2D eigenvalue weighted by molar-refractivity contribution is 7.21. The molecule has 0 spiro atoms. The maximum absolute atomic E-state index is 5.31. The van der Waals surface area contributed by atoms with Crippen LogP contribution in [0, 0.1) is 13.8 Å². The van der Waals surface area contributed by atoms with E-state index in [1.165, 1.54) is 10.4 Å². The first-order valence-electron chi connectivity index (χ1n) is 8.29. The molecule has 4 rings (SSSR count). The zero-order valence-corrected chi connectivity index (χ0v) is 16.4. The van der Waals surface area contributed by atoms with Gasteiger partial charge in [-0.2, -0.15) is 0 Å². The van der Waals surface area contributed by atoms with E-state index in [4.69, 9.17) is 14.7 Å². The van der Waals surface area contributed by atoms with Crippen molar-refractivity contribution in [3.05, 3.63) is 64.4 Å². The van der Waals surface area contributed by atoms with Gasteiger partial charge in [-0.05, 0) is 26.0 Å². The number of nitrogens with zero attached hydrogens (tertiary/aromatic N) is 2. The van der Waals surface area contributed by atoms with Crippen LogP contribution in [0.15, 0.2) is 53.9 Å². The highest BCUT2D eigenvalue weighted by atomic mass is 32.1. The second-order valence-electron chi connectivity index (χ2n) is 6.06. The van der Waals surface area contributed by atoms with Crippen molar-refractivity contribution in [2.45, 2.75) is 13.8 Å². The van der Waals surface area contributed by atoms with E-state index >= 15 is 0 Å². The summed E-state index contributed by atoms with van der Waals surface area (Å²) in [5.41, 5.74) is 5.46. The maximum Gasteiger partial charge on any atom is 0.153 e. The zero-order valence-electron chi connectivity index (χ0n) is 14.8. The molecule has 4 aromatic rings. The summed E-state index contributed by atoms with van der Waals surface area (Å²) in [6.07, 6.45) is 0. The Labute approximate surface area is 161 Å². The van der Waals surface area contributed by atoms with Crippen LogP contribution in [0.4, 0.5) is 0 Å². The second-order valence-corrected chi connectivity index (χ2v) is 8.12. The summed E-state index contributed by atoms with van der Waals surface area (Å²) in [6, 6.07) is 16.5. The van der Waals surface area contributed by atoms with Gasteiger partial charge in [0.2, 0.25) is 0 Å². The molecule has 130 valence electrons. The molecule has 3 nitrogen and oxygen atoms in total. The topological polar surface area (TPSA) is 35.0 Å². The van der Waals surface area contributed by atoms with Crippen molar-refractivity contribution < 1.29 is 4.74 Å². The third kappa shape index (κ3) is 3.28. The monoisotopic (exact) mass is 378 g/mol. The van der Waals surface area contributed by atoms with Crippen molar-refractivity contribution >= 4 is 22.7 Å². The SMILES string of the molecule is COc1cccc(-c2csc(-c3nc(-c4ccc(C)cc4)c(C)s3)n2)c1. The van der Waals surface area contributed by atoms with Crippen LogP contribution in [0.1, 0.15) is 10.4 Å². The molecule has 2 aromatic heterocycles. The van der Waals surface area contributed by atoms with Gasteiger partial charge in [0.15, 0.2) is 10.0 Å². The van der Waals surface area contributed by atoms with Gasteiger partial charge in [0.1, 0.15) is 5.75 Å². The van der Waals surface area contributed by atoms with Crippen LogP contribution >= 0.6 is 22.7 Å². The fourth-order valence-corrected chi connectivity index (χ4v) is 4.55. The van der Waals surface area contributed by atoms with Crippen LogP contribution in [-0.4, -0.2) is 17.1 Å². The molecule has 0 N–H and O–H groups in total. The largest absolute Gasteiger partial charge is 0.497 e. The van der Waals surface area contributed by atoms with Gasteiger partial charge < -0.3 is 4.74 Å². The van der Waals surface area contributed by atoms with Gasteiger partial charge in [-0.25, -0.2) is 9.97 Å². The molecule has 0 amide bonds. The van der Waals surface area contributed by atoms with Crippen molar-refractivity contribution in [1.29, 1.82) is 0 Å². The standard InChI is InChI=1S/C21H18N2OS2/c1-13-7-9-15(10-8-13)19-14(2)26-21(23-19)20-22-18(12-25-20)16-5-4-6-17(11-16)24-3/h4-12H,1-3H3. The van der Waals surface area contributed by atoms with Gasteiger partial charge in [-0.1, -0.05) is 42.0 Å². The minimum atomic E-state index is 0.837. The number of hydrogen-bond donors (Lipinski definition) is 0. The van der Waals surface area contributed by atoms with Gasteiger partial charge in [0, 0.05) is 21.4 Å². The number of rotatable bonds is 4. The predicted molar refractivity (Wildman–Crippen MR) is 110 cm³/mol. The Morgan fingerprint density at radius 3 is 2.46 bits per heavy atom. The Kier molecular flexibility index (Phi) is 4.57. The van der Waals surface area contributed by atoms with Crippen LogP contribution in [0.25, 0.3) is 32.5 Å². The smallest absolute Gasteiger partial charge is 0.153 e. The molecular formula is C21H18N2OS2. The summed E-state index contributed by atoms with van der Waals surface area (Å²) in [6.45, 7) is 4.21. The third-order valence-electron chi connectivity index (χ3n) is 4.17. The highest BCUT2D eigenvalue weighted by Crippen LogP contribution is 2.36. The Balaban J connectivity index is 1.68. The average molecular weight is 379 g/mol. The van der Waals surface area contributed by atoms with E-state index in [1.807, 2.05) is 24.3 Å². The molecule has 2 aromatic carbocycles. The summed E-state index contributed by atoms with van der Waals surface area (Å²) in [5.74, 6) is 0.837. The lowest BCUT2D eigenvalue weighted by Crippen LogP contribution is -1.84. The molecule has 0 unspecified atom stereocenters. The molecule has 0 aliphatic carbocycles. The molecular weight excluding hydrogens is 360 g/mol. The summed E-state index contributed by atoms with van der Waals surface area (Å²) in [7, 11) is 1.68. The third-order valence-corrected chi connectivity index (χ3v) is 6.13. The quantitative estimate of drug-likeness (QED) is 0.422. The lowest BCUT2D eigenvalue weighted by molar-refractivity contribution is 0.415. The van der Waals surface area contributed by atoms with Crippen molar-refractivity contribution in [2.75, 3.05) is 7.11 Å². The minimum absolute atomic E-state index is 0.837. The fourth-order valence-electron chi connectivity index (χ4n) is 2.75. The first kappa shape index (κ1) is 16.9. The van der Waals surface area contributed by atoms with Crippen LogP contribution < -0.4 is 4.74 Å². The van der Waals surface area contributed by atoms with E-state index in [2.05, 4.69) is 43.5 Å². The first-order chi connectivity index (χ1) is 12.6. The molecule has 0 aliphatic heterocycles. The second kappa shape index (κ2) is 7.02. The van der Waals surface area contributed by atoms with Crippen LogP contribution in [0.3, 0.4) is 0 Å². The Morgan fingerprint density at radius 1 is 0.885 bits per heavy atom. The van der Waals surface area contributed by atoms with E-state index in [1.54, 1.807) is 29.8 Å². The molecule has 0 fully saturated rings. The minimum Gasteiger partial charge on any atom is -0.497 e. The van der Waals surface area contributed by atoms with E-state index in [0.717, 1.165) is 38.3 Å². The lowest BCUT2D eigenvalue weighted by atomic mass is 10.1. The number of hydrogen-bond acceptors (Lipinski definition) is 5. The van der Waals surface area contributed by atoms with Crippen molar-refractivity contribution in [3.63, 3.8) is 0 Å². The normalized spacial score (nSPS) is 10.9. The van der Waals surface area contributed by atoms with Crippen LogP contribution in [0.2, 0.25) is 0 Å². The molecule has 0 saturated heterocycles. The maximum atomic E-state index is 5.31. The molecule has 0 radical (unpaired) electrons. The molecule has 0 atom stereocenters. The summed E-state index contributed by atoms with van der Waals surface area (Å²) < 4.78 is 5.31. The van der Waals surface area contributed by atoms with Crippen molar-refractivity contribution in [2.24, 2.45) is 0 Å². The summed E-state index contributed by atoms with van der Waals surface area (Å²) in [4.78, 5) is 10.9. The number of thiazole rings is 2. The number of aryl methyl sites for hydroxylation is 2. The van der Waals surface area contributed by atoms with Gasteiger partial charge in [-0.3, -0.25) is 0 Å². The Morgan fingerprint density at radius 2 is 1.69 bits per heavy atom. The first-order valence-corrected chi connectivity index (χ1v) is 9.98. The van der Waals surface area contributed by atoms with Crippen molar-refractivity contribution in [3.8, 4) is 38.3 Å². The Bertz CT molecular complexity index is 1050. The highest BCUT2D eigenvalue weighted by Gasteiger charge is 2.15. The van der Waals surface area contributed by atoms with Crippen LogP contribution in [0.5, 0.6) is 5.75 Å². The molecule has 2 heterocycles. The van der Waals surface area contributed by atoms with Crippen LogP contribution in [-0.2, 0) is 0 Å². The van der Waals surface area contributed by atoms with E-state index in [-0.39, 0.29) is 0 Å².